The van der Waals surface area contributed by atoms with Gasteiger partial charge in [-0.1, -0.05) is 0 Å². The molecule has 0 fully saturated rings. The van der Waals surface area contributed by atoms with Gasteiger partial charge in [0.05, 0.1) is 12.5 Å². The van der Waals surface area contributed by atoms with Crippen molar-refractivity contribution in [3.8, 4) is 5.88 Å². The summed E-state index contributed by atoms with van der Waals surface area (Å²) < 4.78 is 7.06. The fourth-order valence-corrected chi connectivity index (χ4v) is 1.80. The normalized spacial score (nSPS) is 11.4. The fraction of sp³-hybridized carbons (Fsp3) is 0.462. The number of rotatable bonds is 4. The second kappa shape index (κ2) is 5.96. The molecule has 0 aliphatic heterocycles. The molecule has 120 valence electrons. The predicted molar refractivity (Wildman–Crippen MR) is 78.2 cm³/mol. The smallest absolute Gasteiger partial charge is 0.427 e. The van der Waals surface area contributed by atoms with Crippen molar-refractivity contribution in [3.05, 3.63) is 34.9 Å². The van der Waals surface area contributed by atoms with E-state index in [1.807, 2.05) is 0 Å². The Balaban J connectivity index is 2.07. The Kier molecular flexibility index (Phi) is 4.25. The standard InChI is InChI=1S/C13H19N5O4/c1-13(2,3)22-11(20)16-18-10(19)7-17(12(18)21)5-4-9-6-14-8-15-9/h6-8,19H,4-5H2,1-3H3,(H,14,15)(H,16,20). The number of imidazole rings is 2. The monoisotopic (exact) mass is 309 g/mol. The lowest BCUT2D eigenvalue weighted by Gasteiger charge is -2.19. The zero-order valence-electron chi connectivity index (χ0n) is 12.7. The number of aromatic nitrogens is 4. The number of nitrogens with zero attached hydrogens (tertiary/aromatic N) is 3. The van der Waals surface area contributed by atoms with E-state index < -0.39 is 17.4 Å². The molecular formula is C13H19N5O4. The van der Waals surface area contributed by atoms with E-state index in [0.717, 1.165) is 10.4 Å². The first-order chi connectivity index (χ1) is 10.3. The number of H-pyrrole nitrogens is 1. The molecule has 2 rings (SSSR count). The summed E-state index contributed by atoms with van der Waals surface area (Å²) in [7, 11) is 0. The fourth-order valence-electron chi connectivity index (χ4n) is 1.80. The number of hydrogen-bond donors (Lipinski definition) is 3. The largest absolute Gasteiger partial charge is 0.492 e. The molecule has 22 heavy (non-hydrogen) atoms. The second-order valence-corrected chi connectivity index (χ2v) is 5.74. The first kappa shape index (κ1) is 15.7. The Bertz CT molecular complexity index is 693. The highest BCUT2D eigenvalue weighted by atomic mass is 16.6. The van der Waals surface area contributed by atoms with Gasteiger partial charge in [-0.05, 0) is 20.8 Å². The molecule has 9 nitrogen and oxygen atoms in total. The van der Waals surface area contributed by atoms with Crippen molar-refractivity contribution in [1.29, 1.82) is 0 Å². The number of carbonyl (C=O) groups is 1. The lowest BCUT2D eigenvalue weighted by Crippen LogP contribution is -2.37. The van der Waals surface area contributed by atoms with Crippen LogP contribution in [0.4, 0.5) is 4.79 Å². The van der Waals surface area contributed by atoms with Crippen molar-refractivity contribution in [2.75, 3.05) is 5.43 Å². The van der Waals surface area contributed by atoms with E-state index in [1.54, 1.807) is 33.3 Å². The Labute approximate surface area is 126 Å². The average Bonchev–Trinajstić information content (AvgIpc) is 2.98. The van der Waals surface area contributed by atoms with Gasteiger partial charge in [0, 0.05) is 24.9 Å². The Hall–Kier alpha value is -2.71. The predicted octanol–water partition coefficient (Wildman–Crippen LogP) is 0.800. The summed E-state index contributed by atoms with van der Waals surface area (Å²) in [6.45, 7) is 5.43. The second-order valence-electron chi connectivity index (χ2n) is 5.74. The van der Waals surface area contributed by atoms with Gasteiger partial charge in [-0.2, -0.15) is 4.68 Å². The van der Waals surface area contributed by atoms with Crippen molar-refractivity contribution in [2.45, 2.75) is 39.3 Å². The lowest BCUT2D eigenvalue weighted by molar-refractivity contribution is 0.0609. The van der Waals surface area contributed by atoms with Crippen LogP contribution in [0.1, 0.15) is 26.5 Å². The molecule has 2 aromatic heterocycles. The van der Waals surface area contributed by atoms with Gasteiger partial charge in [-0.15, -0.1) is 0 Å². The molecule has 3 N–H and O–H groups in total. The summed E-state index contributed by atoms with van der Waals surface area (Å²) in [5, 5.41) is 9.77. The Morgan fingerprint density at radius 1 is 1.50 bits per heavy atom. The Morgan fingerprint density at radius 3 is 2.82 bits per heavy atom. The van der Waals surface area contributed by atoms with Crippen molar-refractivity contribution >= 4 is 6.09 Å². The quantitative estimate of drug-likeness (QED) is 0.773. The molecule has 0 aliphatic rings. The minimum Gasteiger partial charge on any atom is -0.492 e. The number of amides is 1. The van der Waals surface area contributed by atoms with Gasteiger partial charge < -0.3 is 14.8 Å². The number of ether oxygens (including phenoxy) is 1. The molecule has 0 spiro atoms. The summed E-state index contributed by atoms with van der Waals surface area (Å²) in [6.07, 6.45) is 4.16. The van der Waals surface area contributed by atoms with E-state index in [2.05, 4.69) is 15.4 Å². The third kappa shape index (κ3) is 3.90. The molecular weight excluding hydrogens is 290 g/mol. The highest BCUT2D eigenvalue weighted by molar-refractivity contribution is 5.76. The molecule has 2 heterocycles. The SMILES string of the molecule is CC(C)(C)OC(=O)Nn1c(O)cn(CCc2cnc[nH]2)c1=O. The van der Waals surface area contributed by atoms with Crippen LogP contribution in [0.15, 0.2) is 23.5 Å². The van der Waals surface area contributed by atoms with Crippen LogP contribution in [-0.4, -0.2) is 36.0 Å². The topological polar surface area (TPSA) is 114 Å². The molecule has 0 atom stereocenters. The van der Waals surface area contributed by atoms with E-state index >= 15 is 0 Å². The van der Waals surface area contributed by atoms with Crippen molar-refractivity contribution in [2.24, 2.45) is 0 Å². The van der Waals surface area contributed by atoms with Crippen molar-refractivity contribution in [3.63, 3.8) is 0 Å². The van der Waals surface area contributed by atoms with Crippen molar-refractivity contribution in [1.82, 2.24) is 19.2 Å². The van der Waals surface area contributed by atoms with E-state index in [9.17, 15) is 14.7 Å². The van der Waals surface area contributed by atoms with E-state index in [-0.39, 0.29) is 5.88 Å². The summed E-state index contributed by atoms with van der Waals surface area (Å²) in [6, 6.07) is 0. The highest BCUT2D eigenvalue weighted by Gasteiger charge is 2.19. The molecule has 0 bridgehead atoms. The first-order valence-electron chi connectivity index (χ1n) is 6.74. The van der Waals surface area contributed by atoms with Crippen LogP contribution >= 0.6 is 0 Å². The van der Waals surface area contributed by atoms with E-state index in [4.69, 9.17) is 4.74 Å². The summed E-state index contributed by atoms with van der Waals surface area (Å²) in [5.41, 5.74) is 1.79. The summed E-state index contributed by atoms with van der Waals surface area (Å²) in [4.78, 5) is 30.6. The maximum atomic E-state index is 12.1. The lowest BCUT2D eigenvalue weighted by atomic mass is 10.2. The number of carbonyl (C=O) groups excluding carboxylic acids is 1. The van der Waals surface area contributed by atoms with Gasteiger partial charge in [0.2, 0.25) is 5.88 Å². The van der Waals surface area contributed by atoms with Crippen LogP contribution in [-0.2, 0) is 17.7 Å². The molecule has 0 aromatic carbocycles. The molecule has 1 amide bonds. The third-order valence-electron chi connectivity index (χ3n) is 2.72. The maximum Gasteiger partial charge on any atom is 0.427 e. The average molecular weight is 309 g/mol. The van der Waals surface area contributed by atoms with Crippen molar-refractivity contribution < 1.29 is 14.6 Å². The van der Waals surface area contributed by atoms with Crippen LogP contribution in [0.5, 0.6) is 5.88 Å². The Morgan fingerprint density at radius 2 is 2.23 bits per heavy atom. The van der Waals surface area contributed by atoms with Crippen LogP contribution in [0.3, 0.4) is 0 Å². The maximum absolute atomic E-state index is 12.1. The highest BCUT2D eigenvalue weighted by Crippen LogP contribution is 2.09. The van der Waals surface area contributed by atoms with Crippen LogP contribution in [0.2, 0.25) is 0 Å². The van der Waals surface area contributed by atoms with E-state index in [1.165, 1.54) is 10.8 Å². The van der Waals surface area contributed by atoms with Crippen LogP contribution in [0, 0.1) is 0 Å². The summed E-state index contributed by atoms with van der Waals surface area (Å²) in [5.74, 6) is -0.375. The number of aromatic amines is 1. The van der Waals surface area contributed by atoms with Gasteiger partial charge in [0.25, 0.3) is 0 Å². The van der Waals surface area contributed by atoms with Crippen LogP contribution in [0.25, 0.3) is 0 Å². The summed E-state index contributed by atoms with van der Waals surface area (Å²) >= 11 is 0. The van der Waals surface area contributed by atoms with E-state index in [0.29, 0.717) is 13.0 Å². The number of hydrogen-bond acceptors (Lipinski definition) is 5. The van der Waals surface area contributed by atoms with Gasteiger partial charge >= 0.3 is 11.8 Å². The molecule has 0 unspecified atom stereocenters. The zero-order valence-corrected chi connectivity index (χ0v) is 12.7. The van der Waals surface area contributed by atoms with Crippen LogP contribution < -0.4 is 11.1 Å². The zero-order chi connectivity index (χ0) is 16.3. The molecule has 2 aromatic rings. The van der Waals surface area contributed by atoms with Gasteiger partial charge in [0.1, 0.15) is 5.60 Å². The molecule has 0 radical (unpaired) electrons. The van der Waals surface area contributed by atoms with Gasteiger partial charge in [-0.25, -0.2) is 20.0 Å². The minimum atomic E-state index is -0.823. The third-order valence-corrected chi connectivity index (χ3v) is 2.72. The molecule has 0 saturated carbocycles. The molecule has 0 saturated heterocycles. The molecule has 0 aliphatic carbocycles. The number of aryl methyl sites for hydroxylation is 2. The first-order valence-corrected chi connectivity index (χ1v) is 6.74. The van der Waals surface area contributed by atoms with Gasteiger partial charge in [0.15, 0.2) is 0 Å². The molecule has 9 heteroatoms. The van der Waals surface area contributed by atoms with Gasteiger partial charge in [-0.3, -0.25) is 4.57 Å². The number of nitrogens with one attached hydrogen (secondary N) is 2. The number of aromatic hydroxyl groups is 1. The minimum absolute atomic E-state index is 0.331.